The van der Waals surface area contributed by atoms with Crippen LogP contribution >= 0.6 is 18.9 Å². The highest BCUT2D eigenvalue weighted by Crippen LogP contribution is 2.52. The number of furan rings is 1. The van der Waals surface area contributed by atoms with Gasteiger partial charge in [-0.2, -0.15) is 0 Å². The minimum absolute atomic E-state index is 0.137. The van der Waals surface area contributed by atoms with E-state index in [2.05, 4.69) is 13.8 Å². The van der Waals surface area contributed by atoms with Gasteiger partial charge in [0.05, 0.1) is 38.7 Å². The van der Waals surface area contributed by atoms with Crippen LogP contribution in [-0.2, 0) is 42.8 Å². The molecule has 4 rings (SSSR count). The van der Waals surface area contributed by atoms with Crippen molar-refractivity contribution in [1.29, 1.82) is 0 Å². The summed E-state index contributed by atoms with van der Waals surface area (Å²) in [4.78, 5) is 28.7. The summed E-state index contributed by atoms with van der Waals surface area (Å²) in [5, 5.41) is 1.07. The zero-order valence-corrected chi connectivity index (χ0v) is 27.9. The number of benzene rings is 2. The molecule has 0 fully saturated rings. The SMILES string of the molecule is COc1cc(COP(=O)(OCc2ccc(OC(C)=O)c(OC)c2)c2ccoc2-c2nc(C)sc2CC(C)C)ccc1OC(C)=O. The van der Waals surface area contributed by atoms with E-state index < -0.39 is 19.5 Å². The van der Waals surface area contributed by atoms with Gasteiger partial charge >= 0.3 is 19.5 Å². The van der Waals surface area contributed by atoms with E-state index in [0.29, 0.717) is 40.0 Å². The average Bonchev–Trinajstić information content (AvgIpc) is 3.62. The van der Waals surface area contributed by atoms with Crippen molar-refractivity contribution in [1.82, 2.24) is 4.98 Å². The predicted octanol–water partition coefficient (Wildman–Crippen LogP) is 7.03. The van der Waals surface area contributed by atoms with E-state index in [1.807, 2.05) is 6.92 Å². The third-order valence-corrected chi connectivity index (χ3v) is 9.19. The molecule has 0 bridgehead atoms. The fourth-order valence-corrected chi connectivity index (χ4v) is 7.22. The summed E-state index contributed by atoms with van der Waals surface area (Å²) in [6.07, 6.45) is 2.20. The minimum atomic E-state index is -4.10. The number of esters is 2. The molecule has 0 aliphatic heterocycles. The lowest BCUT2D eigenvalue weighted by molar-refractivity contribution is -0.132. The second kappa shape index (κ2) is 14.9. The molecule has 11 nitrogen and oxygen atoms in total. The van der Waals surface area contributed by atoms with Crippen LogP contribution in [0.15, 0.2) is 53.1 Å². The van der Waals surface area contributed by atoms with E-state index in [1.165, 1.54) is 34.3 Å². The van der Waals surface area contributed by atoms with Gasteiger partial charge in [0.25, 0.3) is 0 Å². The molecule has 2 aromatic heterocycles. The van der Waals surface area contributed by atoms with Crippen LogP contribution in [0.2, 0.25) is 0 Å². The normalized spacial score (nSPS) is 11.5. The van der Waals surface area contributed by atoms with Crippen molar-refractivity contribution >= 4 is 36.2 Å². The number of methoxy groups -OCH3 is 2. The van der Waals surface area contributed by atoms with Crippen molar-refractivity contribution in [2.75, 3.05) is 14.2 Å². The number of ether oxygens (including phenoxy) is 4. The first-order chi connectivity index (χ1) is 21.4. The summed E-state index contributed by atoms with van der Waals surface area (Å²) in [7, 11) is -1.20. The van der Waals surface area contributed by atoms with E-state index in [9.17, 15) is 14.2 Å². The molecule has 0 atom stereocenters. The molecule has 0 aliphatic rings. The van der Waals surface area contributed by atoms with Gasteiger partial charge < -0.3 is 32.4 Å². The molecule has 0 saturated heterocycles. The molecule has 0 aliphatic carbocycles. The Morgan fingerprint density at radius 2 is 1.40 bits per heavy atom. The molecule has 2 aromatic carbocycles. The molecular weight excluding hydrogens is 621 g/mol. The van der Waals surface area contributed by atoms with Gasteiger partial charge in [-0.25, -0.2) is 4.98 Å². The van der Waals surface area contributed by atoms with Crippen molar-refractivity contribution in [2.45, 2.75) is 54.3 Å². The first kappa shape index (κ1) is 33.9. The average molecular weight is 658 g/mol. The Bertz CT molecular complexity index is 1630. The molecule has 0 saturated carbocycles. The van der Waals surface area contributed by atoms with Crippen LogP contribution in [0.1, 0.15) is 48.7 Å². The molecule has 0 amide bonds. The van der Waals surface area contributed by atoms with Crippen LogP contribution in [0.4, 0.5) is 0 Å². The predicted molar refractivity (Wildman–Crippen MR) is 169 cm³/mol. The smallest absolute Gasteiger partial charge is 0.365 e. The van der Waals surface area contributed by atoms with Gasteiger partial charge in [-0.1, -0.05) is 26.0 Å². The lowest BCUT2D eigenvalue weighted by atomic mass is 10.1. The Balaban J connectivity index is 1.70. The van der Waals surface area contributed by atoms with E-state index >= 15 is 0 Å². The maximum Gasteiger partial charge on any atom is 0.365 e. The number of hydrogen-bond donors (Lipinski definition) is 0. The summed E-state index contributed by atoms with van der Waals surface area (Å²) < 4.78 is 54.0. The van der Waals surface area contributed by atoms with E-state index in [-0.39, 0.29) is 30.0 Å². The topological polar surface area (TPSA) is 133 Å². The highest BCUT2D eigenvalue weighted by atomic mass is 32.1. The Hall–Kier alpha value is -3.96. The summed E-state index contributed by atoms with van der Waals surface area (Å²) in [5.74, 6) is 0.786. The van der Waals surface area contributed by atoms with E-state index in [0.717, 1.165) is 16.3 Å². The number of thiazole rings is 1. The van der Waals surface area contributed by atoms with Crippen LogP contribution in [0, 0.1) is 12.8 Å². The summed E-state index contributed by atoms with van der Waals surface area (Å²) in [6.45, 7) is 8.45. The van der Waals surface area contributed by atoms with Crippen molar-refractivity contribution in [3.05, 3.63) is 69.7 Å². The maximum atomic E-state index is 14.8. The summed E-state index contributed by atoms with van der Waals surface area (Å²) >= 11 is 1.56. The third kappa shape index (κ3) is 8.61. The Morgan fingerprint density at radius 3 is 1.87 bits per heavy atom. The first-order valence-corrected chi connectivity index (χ1v) is 16.4. The van der Waals surface area contributed by atoms with Crippen LogP contribution < -0.4 is 24.3 Å². The number of rotatable bonds is 14. The standard InChI is InChI=1S/C32H36NO10PS/c1-19(2)14-30-31(33-20(3)45-30)32-29(12-13-39-32)44(36,40-17-23-8-10-25(42-21(4)34)27(15-23)37-6)41-18-24-9-11-26(43-22(5)35)28(16-24)38-7/h8-13,15-16,19H,14,17-18H2,1-7H3. The van der Waals surface area contributed by atoms with Gasteiger partial charge in [0, 0.05) is 18.7 Å². The lowest BCUT2D eigenvalue weighted by Gasteiger charge is -2.20. The van der Waals surface area contributed by atoms with Gasteiger partial charge in [0.1, 0.15) is 11.0 Å². The fraction of sp³-hybridized carbons (Fsp3) is 0.344. The van der Waals surface area contributed by atoms with E-state index in [4.69, 9.17) is 37.4 Å². The molecular formula is C32H36NO10PS. The Kier molecular flexibility index (Phi) is 11.2. The molecule has 13 heteroatoms. The maximum absolute atomic E-state index is 14.8. The molecule has 0 radical (unpaired) electrons. The number of aryl methyl sites for hydroxylation is 1. The van der Waals surface area contributed by atoms with Crippen molar-refractivity contribution < 1.29 is 46.6 Å². The lowest BCUT2D eigenvalue weighted by Crippen LogP contribution is -2.12. The van der Waals surface area contributed by atoms with Crippen molar-refractivity contribution in [3.8, 4) is 34.5 Å². The van der Waals surface area contributed by atoms with Crippen LogP contribution in [0.5, 0.6) is 23.0 Å². The number of carbonyl (C=O) groups is 2. The highest BCUT2D eigenvalue weighted by molar-refractivity contribution is 7.62. The van der Waals surface area contributed by atoms with Crippen LogP contribution in [0.25, 0.3) is 11.5 Å². The second-order valence-corrected chi connectivity index (χ2v) is 13.7. The number of carbonyl (C=O) groups excluding carboxylic acids is 2. The first-order valence-electron chi connectivity index (χ1n) is 14.1. The molecule has 240 valence electrons. The van der Waals surface area contributed by atoms with Gasteiger partial charge in [0.2, 0.25) is 0 Å². The largest absolute Gasteiger partial charge is 0.493 e. The quantitative estimate of drug-likeness (QED) is 0.0786. The van der Waals surface area contributed by atoms with Gasteiger partial charge in [-0.05, 0) is 60.7 Å². The second-order valence-electron chi connectivity index (χ2n) is 10.4. The summed E-state index contributed by atoms with van der Waals surface area (Å²) in [6, 6.07) is 11.3. The molecule has 4 aromatic rings. The Labute approximate surface area is 265 Å². The van der Waals surface area contributed by atoms with Crippen LogP contribution in [0.3, 0.4) is 0 Å². The monoisotopic (exact) mass is 657 g/mol. The third-order valence-electron chi connectivity index (χ3n) is 6.32. The van der Waals surface area contributed by atoms with E-state index in [1.54, 1.807) is 53.8 Å². The Morgan fingerprint density at radius 1 is 0.867 bits per heavy atom. The van der Waals surface area contributed by atoms with Crippen molar-refractivity contribution in [3.63, 3.8) is 0 Å². The van der Waals surface area contributed by atoms with Gasteiger partial charge in [-0.15, -0.1) is 11.3 Å². The highest BCUT2D eigenvalue weighted by Gasteiger charge is 2.35. The van der Waals surface area contributed by atoms with Crippen LogP contribution in [-0.4, -0.2) is 31.1 Å². The molecule has 0 N–H and O–H groups in total. The molecule has 0 spiro atoms. The number of nitrogens with zero attached hydrogens (tertiary/aromatic N) is 1. The minimum Gasteiger partial charge on any atom is -0.493 e. The number of hydrogen-bond acceptors (Lipinski definition) is 12. The summed E-state index contributed by atoms with van der Waals surface area (Å²) in [5.41, 5.74) is 1.78. The zero-order valence-electron chi connectivity index (χ0n) is 26.2. The molecule has 45 heavy (non-hydrogen) atoms. The molecule has 0 unspecified atom stereocenters. The fourth-order valence-electron chi connectivity index (χ4n) is 4.43. The number of aromatic nitrogens is 1. The zero-order chi connectivity index (χ0) is 32.7. The van der Waals surface area contributed by atoms with Crippen molar-refractivity contribution in [2.24, 2.45) is 5.92 Å². The molecule has 2 heterocycles. The van der Waals surface area contributed by atoms with Gasteiger partial charge in [0.15, 0.2) is 28.8 Å². The van der Waals surface area contributed by atoms with Gasteiger partial charge in [-0.3, -0.25) is 14.2 Å².